The number of ether oxygens (including phenoxy) is 2. The summed E-state index contributed by atoms with van der Waals surface area (Å²) in [5.74, 6) is 0. The monoisotopic (exact) mass is 267 g/mol. The van der Waals surface area contributed by atoms with Crippen molar-refractivity contribution in [2.45, 2.75) is 82.0 Å². The second kappa shape index (κ2) is 6.55. The summed E-state index contributed by atoms with van der Waals surface area (Å²) < 4.78 is 12.1. The Morgan fingerprint density at radius 1 is 0.947 bits per heavy atom. The molecule has 0 spiro atoms. The molecule has 3 fully saturated rings. The Morgan fingerprint density at radius 3 is 2.26 bits per heavy atom. The number of hydrogen-bond acceptors (Lipinski definition) is 3. The molecule has 0 aromatic carbocycles. The van der Waals surface area contributed by atoms with Crippen LogP contribution in [0.5, 0.6) is 0 Å². The third kappa shape index (κ3) is 4.17. The average Bonchev–Trinajstić information content (AvgIpc) is 3.26. The van der Waals surface area contributed by atoms with Gasteiger partial charge >= 0.3 is 0 Å². The molecule has 0 radical (unpaired) electrons. The van der Waals surface area contributed by atoms with Crippen molar-refractivity contribution >= 4 is 0 Å². The molecule has 0 bridgehead atoms. The van der Waals surface area contributed by atoms with Gasteiger partial charge in [0.05, 0.1) is 11.7 Å². The molecular formula is C16H29NO2. The highest BCUT2D eigenvalue weighted by Gasteiger charge is 2.36. The Balaban J connectivity index is 1.58. The van der Waals surface area contributed by atoms with Crippen LogP contribution in [0.2, 0.25) is 0 Å². The molecule has 2 aliphatic carbocycles. The maximum Gasteiger partial charge on any atom is 0.0810 e. The molecule has 19 heavy (non-hydrogen) atoms. The number of rotatable bonds is 5. The predicted molar refractivity (Wildman–Crippen MR) is 76.4 cm³/mol. The molecule has 0 amide bonds. The van der Waals surface area contributed by atoms with Crippen LogP contribution in [0.4, 0.5) is 0 Å². The molecule has 0 aromatic rings. The summed E-state index contributed by atoms with van der Waals surface area (Å²) in [6.07, 6.45) is 13.3. The minimum absolute atomic E-state index is 0.126. The maximum absolute atomic E-state index is 6.64. The number of hydrogen-bond donors (Lipinski definition) is 1. The summed E-state index contributed by atoms with van der Waals surface area (Å²) in [5, 5.41) is 3.73. The topological polar surface area (TPSA) is 30.5 Å². The van der Waals surface area contributed by atoms with Gasteiger partial charge in [0.15, 0.2) is 0 Å². The van der Waals surface area contributed by atoms with Crippen molar-refractivity contribution in [3.05, 3.63) is 0 Å². The second-order valence-electron chi connectivity index (χ2n) is 6.68. The van der Waals surface area contributed by atoms with Gasteiger partial charge in [-0.25, -0.2) is 0 Å². The smallest absolute Gasteiger partial charge is 0.0810 e. The Bertz CT molecular complexity index is 264. The highest BCUT2D eigenvalue weighted by atomic mass is 16.5. The molecule has 1 heterocycles. The maximum atomic E-state index is 6.64. The zero-order chi connectivity index (χ0) is 13.0. The van der Waals surface area contributed by atoms with Crippen LogP contribution < -0.4 is 5.32 Å². The van der Waals surface area contributed by atoms with Gasteiger partial charge in [-0.3, -0.25) is 0 Å². The van der Waals surface area contributed by atoms with Crippen molar-refractivity contribution < 1.29 is 9.47 Å². The summed E-state index contributed by atoms with van der Waals surface area (Å²) in [5.41, 5.74) is 0.126. The van der Waals surface area contributed by atoms with E-state index in [2.05, 4.69) is 5.32 Å². The minimum atomic E-state index is 0.126. The Morgan fingerprint density at radius 2 is 1.63 bits per heavy atom. The molecule has 2 saturated carbocycles. The van der Waals surface area contributed by atoms with Crippen LogP contribution >= 0.6 is 0 Å². The SMILES string of the molecule is C1CCCC(CNC2CC2)(OC2CCOCC2)CC1. The van der Waals surface area contributed by atoms with Crippen LogP contribution in [0.3, 0.4) is 0 Å². The molecule has 1 saturated heterocycles. The minimum Gasteiger partial charge on any atom is -0.381 e. The molecule has 1 aliphatic heterocycles. The van der Waals surface area contributed by atoms with E-state index in [9.17, 15) is 0 Å². The van der Waals surface area contributed by atoms with Gasteiger partial charge in [0, 0.05) is 25.8 Å². The first-order valence-corrected chi connectivity index (χ1v) is 8.35. The zero-order valence-electron chi connectivity index (χ0n) is 12.2. The standard InChI is InChI=1S/C16H29NO2/c1-2-4-10-16(9-3-1,13-17-14-5-6-14)19-15-7-11-18-12-8-15/h14-15,17H,1-13H2. The van der Waals surface area contributed by atoms with E-state index in [-0.39, 0.29) is 5.60 Å². The van der Waals surface area contributed by atoms with E-state index in [1.165, 1.54) is 51.4 Å². The van der Waals surface area contributed by atoms with E-state index in [4.69, 9.17) is 9.47 Å². The third-order valence-corrected chi connectivity index (χ3v) is 4.89. The molecule has 0 aromatic heterocycles. The summed E-state index contributed by atoms with van der Waals surface area (Å²) in [6, 6.07) is 0.790. The summed E-state index contributed by atoms with van der Waals surface area (Å²) >= 11 is 0. The quantitative estimate of drug-likeness (QED) is 0.777. The molecule has 1 N–H and O–H groups in total. The van der Waals surface area contributed by atoms with Crippen LogP contribution in [0.1, 0.15) is 64.2 Å². The predicted octanol–water partition coefficient (Wildman–Crippen LogP) is 3.03. The fraction of sp³-hybridized carbons (Fsp3) is 1.00. The molecule has 0 unspecified atom stereocenters. The van der Waals surface area contributed by atoms with Gasteiger partial charge in [-0.1, -0.05) is 25.7 Å². The van der Waals surface area contributed by atoms with Crippen molar-refractivity contribution in [3.63, 3.8) is 0 Å². The first-order chi connectivity index (χ1) is 9.36. The van der Waals surface area contributed by atoms with Crippen molar-refractivity contribution in [1.29, 1.82) is 0 Å². The lowest BCUT2D eigenvalue weighted by atomic mass is 9.93. The van der Waals surface area contributed by atoms with Crippen molar-refractivity contribution in [2.75, 3.05) is 19.8 Å². The summed E-state index contributed by atoms with van der Waals surface area (Å²) in [4.78, 5) is 0. The van der Waals surface area contributed by atoms with Crippen LogP contribution in [-0.4, -0.2) is 37.5 Å². The Kier molecular flexibility index (Phi) is 4.78. The first kappa shape index (κ1) is 13.8. The van der Waals surface area contributed by atoms with E-state index in [0.29, 0.717) is 6.10 Å². The van der Waals surface area contributed by atoms with Gasteiger partial charge in [-0.05, 0) is 38.5 Å². The van der Waals surface area contributed by atoms with Gasteiger partial charge < -0.3 is 14.8 Å². The van der Waals surface area contributed by atoms with Crippen molar-refractivity contribution in [2.24, 2.45) is 0 Å². The first-order valence-electron chi connectivity index (χ1n) is 8.35. The molecular weight excluding hydrogens is 238 g/mol. The highest BCUT2D eigenvalue weighted by molar-refractivity contribution is 4.91. The van der Waals surface area contributed by atoms with E-state index >= 15 is 0 Å². The van der Waals surface area contributed by atoms with Crippen molar-refractivity contribution in [1.82, 2.24) is 5.32 Å². The Labute approximate surface area is 117 Å². The lowest BCUT2D eigenvalue weighted by Crippen LogP contribution is -2.47. The van der Waals surface area contributed by atoms with E-state index in [1.54, 1.807) is 0 Å². The van der Waals surface area contributed by atoms with Gasteiger partial charge in [-0.15, -0.1) is 0 Å². The van der Waals surface area contributed by atoms with Crippen molar-refractivity contribution in [3.8, 4) is 0 Å². The number of nitrogens with one attached hydrogen (secondary N) is 1. The zero-order valence-corrected chi connectivity index (χ0v) is 12.2. The lowest BCUT2D eigenvalue weighted by Gasteiger charge is -2.38. The third-order valence-electron chi connectivity index (χ3n) is 4.89. The fourth-order valence-corrected chi connectivity index (χ4v) is 3.47. The van der Waals surface area contributed by atoms with Crippen LogP contribution in [0, 0.1) is 0 Å². The molecule has 110 valence electrons. The largest absolute Gasteiger partial charge is 0.381 e. The second-order valence-corrected chi connectivity index (χ2v) is 6.68. The van der Waals surface area contributed by atoms with Gasteiger partial charge in [0.1, 0.15) is 0 Å². The van der Waals surface area contributed by atoms with Crippen LogP contribution in [0.25, 0.3) is 0 Å². The Hall–Kier alpha value is -0.120. The van der Waals surface area contributed by atoms with E-state index < -0.39 is 0 Å². The molecule has 3 rings (SSSR count). The van der Waals surface area contributed by atoms with Gasteiger partial charge in [-0.2, -0.15) is 0 Å². The molecule has 3 heteroatoms. The average molecular weight is 267 g/mol. The summed E-state index contributed by atoms with van der Waals surface area (Å²) in [7, 11) is 0. The van der Waals surface area contributed by atoms with Crippen LogP contribution in [-0.2, 0) is 9.47 Å². The van der Waals surface area contributed by atoms with Crippen LogP contribution in [0.15, 0.2) is 0 Å². The summed E-state index contributed by atoms with van der Waals surface area (Å²) in [6.45, 7) is 2.85. The molecule has 0 atom stereocenters. The van der Waals surface area contributed by atoms with E-state index in [1.807, 2.05) is 0 Å². The van der Waals surface area contributed by atoms with E-state index in [0.717, 1.165) is 38.6 Å². The molecule has 3 nitrogen and oxygen atoms in total. The van der Waals surface area contributed by atoms with Gasteiger partial charge in [0.2, 0.25) is 0 Å². The highest BCUT2D eigenvalue weighted by Crippen LogP contribution is 2.34. The molecule has 3 aliphatic rings. The fourth-order valence-electron chi connectivity index (χ4n) is 3.47. The van der Waals surface area contributed by atoms with Gasteiger partial charge in [0.25, 0.3) is 0 Å². The normalized spacial score (nSPS) is 29.1. The lowest BCUT2D eigenvalue weighted by molar-refractivity contribution is -0.131.